The van der Waals surface area contributed by atoms with Crippen molar-refractivity contribution in [2.24, 2.45) is 0 Å². The van der Waals surface area contributed by atoms with E-state index in [4.69, 9.17) is 15.7 Å². The Bertz CT molecular complexity index is 2610. The molecule has 0 N–H and O–H groups in total. The second-order valence-electron chi connectivity index (χ2n) is 12.3. The van der Waals surface area contributed by atoms with Gasteiger partial charge >= 0.3 is 6.18 Å². The Labute approximate surface area is 323 Å². The maximum Gasteiger partial charge on any atom is 0.416 e. The van der Waals surface area contributed by atoms with Gasteiger partial charge in [-0.05, 0) is 66.7 Å². The lowest BCUT2D eigenvalue weighted by atomic mass is 10.00. The Morgan fingerprint density at radius 3 is 2.34 bits per heavy atom. The van der Waals surface area contributed by atoms with Crippen molar-refractivity contribution in [2.75, 3.05) is 33.3 Å². The molecule has 0 spiro atoms. The number of fused-ring (bicyclic) bond motifs is 1. The first kappa shape index (κ1) is 27.1. The zero-order valence-corrected chi connectivity index (χ0v) is 29.4. The van der Waals surface area contributed by atoms with E-state index in [1.807, 2.05) is 0 Å². The third-order valence-electron chi connectivity index (χ3n) is 8.72. The van der Waals surface area contributed by atoms with Crippen molar-refractivity contribution in [3.05, 3.63) is 135 Å². The minimum Gasteiger partial charge on any atom is -0.383 e. The van der Waals surface area contributed by atoms with Crippen molar-refractivity contribution in [3.63, 3.8) is 0 Å². The molecule has 5 aromatic rings. The average molecular weight is 760 g/mol. The number of hydrogen-bond donors (Lipinski definition) is 0. The van der Waals surface area contributed by atoms with Gasteiger partial charge in [0.2, 0.25) is 5.91 Å². The number of halogens is 5. The normalized spacial score (nSPS) is 17.7. The number of thioether (sulfide) groups is 1. The third-order valence-corrected chi connectivity index (χ3v) is 9.73. The van der Waals surface area contributed by atoms with Crippen molar-refractivity contribution in [2.45, 2.75) is 55.8 Å². The number of alkyl halides is 3. The van der Waals surface area contributed by atoms with E-state index in [9.17, 15) is 29.5 Å². The number of benzene rings is 4. The van der Waals surface area contributed by atoms with E-state index >= 15 is 4.79 Å². The topological polar surface area (TPSA) is 54.8 Å². The zero-order valence-electron chi connectivity index (χ0n) is 38.5. The summed E-state index contributed by atoms with van der Waals surface area (Å²) in [7, 11) is 1.01. The van der Waals surface area contributed by atoms with Crippen LogP contribution in [0.5, 0.6) is 0 Å². The van der Waals surface area contributed by atoms with Gasteiger partial charge in [-0.15, -0.1) is 11.8 Å². The van der Waals surface area contributed by atoms with Crippen LogP contribution in [0, 0.1) is 18.6 Å². The lowest BCUT2D eigenvalue weighted by Gasteiger charge is -2.39. The summed E-state index contributed by atoms with van der Waals surface area (Å²) in [5, 5.41) is -1.21. The average Bonchev–Trinajstić information content (AvgIpc) is 3.25. The Morgan fingerprint density at radius 1 is 1.00 bits per heavy atom. The van der Waals surface area contributed by atoms with E-state index in [2.05, 4.69) is 0 Å². The Kier molecular flexibility index (Phi) is 8.52. The molecule has 0 saturated carbocycles. The Morgan fingerprint density at radius 2 is 1.68 bits per heavy atom. The van der Waals surface area contributed by atoms with Crippen LogP contribution in [0.15, 0.2) is 101 Å². The van der Waals surface area contributed by atoms with E-state index in [0.717, 1.165) is 30.2 Å². The molecule has 12 heteroatoms. The van der Waals surface area contributed by atoms with Crippen LogP contribution in [0.25, 0.3) is 22.0 Å². The molecule has 4 aromatic carbocycles. The van der Waals surface area contributed by atoms with Crippen molar-refractivity contribution >= 4 is 28.6 Å². The van der Waals surface area contributed by atoms with Crippen molar-refractivity contribution in [3.8, 4) is 11.1 Å². The molecule has 0 aliphatic carbocycles. The summed E-state index contributed by atoms with van der Waals surface area (Å²) in [4.78, 5) is 31.3. The first-order valence-corrected chi connectivity index (χ1v) is 17.4. The molecule has 1 aromatic heterocycles. The summed E-state index contributed by atoms with van der Waals surface area (Å²) in [5.74, 6) is -4.25. The molecule has 0 unspecified atom stereocenters. The standard InChI is InChI=1S/C41H40F5N3O3S/c1-27-6-15-36-34(22-27)37(50)23-39(53-26-31-4-3-5-35(42)40(31)43)49(36)25-38(51)48(33-16-18-47(19-17-33)20-21-52-2)24-28-7-9-29(10-8-28)30-11-13-32(14-12-30)41(44,45)46/h3-15,22-23,33H,16-21,24-26H2,1-2H3/i6D,15D,20D2,21D2,22D,23D,25D2. The van der Waals surface area contributed by atoms with Crippen molar-refractivity contribution < 1.29 is 45.2 Å². The van der Waals surface area contributed by atoms with Crippen LogP contribution in [0.3, 0.4) is 0 Å². The van der Waals surface area contributed by atoms with Crippen LogP contribution >= 0.6 is 11.8 Å². The van der Waals surface area contributed by atoms with Gasteiger partial charge in [0.15, 0.2) is 17.1 Å². The second kappa shape index (κ2) is 16.7. The van der Waals surface area contributed by atoms with Crippen LogP contribution in [0.1, 0.15) is 48.8 Å². The van der Waals surface area contributed by atoms with Gasteiger partial charge in [-0.2, -0.15) is 13.2 Å². The maximum absolute atomic E-state index is 15.1. The molecular weight excluding hydrogens is 710 g/mol. The summed E-state index contributed by atoms with van der Waals surface area (Å²) >= 11 is 0.502. The van der Waals surface area contributed by atoms with E-state index in [0.29, 0.717) is 33.0 Å². The molecule has 6 rings (SSSR count). The first-order valence-electron chi connectivity index (χ1n) is 21.4. The number of likely N-dealkylation sites (tertiary alicyclic amines) is 1. The van der Waals surface area contributed by atoms with Crippen molar-refractivity contribution in [1.29, 1.82) is 0 Å². The number of hydrogen-bond acceptors (Lipinski definition) is 5. The monoisotopic (exact) mass is 759 g/mol. The van der Waals surface area contributed by atoms with Gasteiger partial charge < -0.3 is 19.1 Å². The molecule has 2 heterocycles. The number of rotatable bonds is 12. The number of carbonyl (C=O) groups excluding carboxylic acids is 1. The fraction of sp³-hybridized carbons (Fsp3) is 0.317. The number of aromatic nitrogens is 1. The molecule has 278 valence electrons. The molecule has 1 aliphatic heterocycles. The first-order chi connectivity index (χ1) is 29.3. The van der Waals surface area contributed by atoms with Gasteiger partial charge in [0.05, 0.1) is 33.6 Å². The maximum atomic E-state index is 15.1. The molecule has 53 heavy (non-hydrogen) atoms. The molecule has 1 fully saturated rings. The molecular formula is C41H40F5N3O3S. The van der Waals surface area contributed by atoms with E-state index in [1.165, 1.54) is 36.1 Å². The molecule has 1 aliphatic rings. The minimum absolute atomic E-state index is 0.0313. The highest BCUT2D eigenvalue weighted by atomic mass is 32.2. The lowest BCUT2D eigenvalue weighted by Crippen LogP contribution is -2.48. The second-order valence-corrected chi connectivity index (χ2v) is 13.2. The summed E-state index contributed by atoms with van der Waals surface area (Å²) in [6.07, 6.45) is -4.61. The fourth-order valence-corrected chi connectivity index (χ4v) is 6.88. The van der Waals surface area contributed by atoms with Crippen molar-refractivity contribution in [1.82, 2.24) is 14.4 Å². The van der Waals surface area contributed by atoms with E-state index in [-0.39, 0.29) is 43.6 Å². The predicted octanol–water partition coefficient (Wildman–Crippen LogP) is 8.71. The van der Waals surface area contributed by atoms with Gasteiger partial charge in [-0.1, -0.05) is 60.1 Å². The van der Waals surface area contributed by atoms with Gasteiger partial charge in [-0.25, -0.2) is 8.78 Å². The highest BCUT2D eigenvalue weighted by molar-refractivity contribution is 7.98. The summed E-state index contributed by atoms with van der Waals surface area (Å²) in [6, 6.07) is 10.3. The zero-order chi connectivity index (χ0) is 46.6. The highest BCUT2D eigenvalue weighted by Crippen LogP contribution is 2.32. The number of methoxy groups -OCH3 is 1. The number of pyridine rings is 1. The molecule has 1 saturated heterocycles. The largest absolute Gasteiger partial charge is 0.416 e. The van der Waals surface area contributed by atoms with E-state index < -0.39 is 106 Å². The van der Waals surface area contributed by atoms with Crippen LogP contribution in [0.4, 0.5) is 22.0 Å². The molecule has 1 amide bonds. The molecule has 0 radical (unpaired) electrons. The molecule has 6 nitrogen and oxygen atoms in total. The van der Waals surface area contributed by atoms with Crippen LogP contribution in [0.2, 0.25) is 0 Å². The smallest absolute Gasteiger partial charge is 0.383 e. The van der Waals surface area contributed by atoms with Gasteiger partial charge in [0.1, 0.15) is 6.50 Å². The number of nitrogens with zero attached hydrogens (tertiary/aromatic N) is 3. The van der Waals surface area contributed by atoms with Crippen LogP contribution in [-0.2, 0) is 34.5 Å². The van der Waals surface area contributed by atoms with Gasteiger partial charge in [-0.3, -0.25) is 9.59 Å². The van der Waals surface area contributed by atoms with Gasteiger partial charge in [0, 0.05) is 64.8 Å². The van der Waals surface area contributed by atoms with Gasteiger partial charge in [0.25, 0.3) is 0 Å². The quantitative estimate of drug-likeness (QED) is 0.0942. The van der Waals surface area contributed by atoms with E-state index in [1.54, 1.807) is 24.3 Å². The number of piperidine rings is 1. The highest BCUT2D eigenvalue weighted by Gasteiger charge is 2.31. The lowest BCUT2D eigenvalue weighted by molar-refractivity contribution is -0.137. The molecule has 0 atom stereocenters. The number of amides is 1. The summed E-state index contributed by atoms with van der Waals surface area (Å²) < 4.78 is 162. The Hall–Kier alpha value is -4.52. The SMILES string of the molecule is [2H]c1c(C)c([2H])c2c(=O)c([2H])c(SCc3cccc(F)c3F)n(C([2H])([2H])C(=O)N(Cc3ccc(-c4ccc(C(F)(F)F)cc4)cc3)C3CCN(C([2H])([2H])C([2H])([2H])OC)CC3)c2c1[2H]. The van der Waals surface area contributed by atoms with Crippen LogP contribution in [-0.4, -0.2) is 59.6 Å². The summed E-state index contributed by atoms with van der Waals surface area (Å²) in [6.45, 7) is -8.05. The third kappa shape index (κ3) is 9.17. The predicted molar refractivity (Wildman–Crippen MR) is 198 cm³/mol. The summed E-state index contributed by atoms with van der Waals surface area (Å²) in [5.41, 5.74) is -1.64. The minimum atomic E-state index is -4.55. The number of ether oxygens (including phenoxy) is 1. The Balaban J connectivity index is 1.47. The number of carbonyl (C=O) groups is 1. The fourth-order valence-electron chi connectivity index (χ4n) is 5.93. The van der Waals surface area contributed by atoms with Crippen LogP contribution < -0.4 is 5.43 Å². The molecule has 0 bridgehead atoms.